The summed E-state index contributed by atoms with van der Waals surface area (Å²) in [6.45, 7) is 3.88. The molecular weight excluding hydrogens is 316 g/mol. The van der Waals surface area contributed by atoms with Gasteiger partial charge in [0.05, 0.1) is 6.07 Å². The molecule has 0 spiro atoms. The molecule has 6 nitrogen and oxygen atoms in total. The molecule has 0 bridgehead atoms. The van der Waals surface area contributed by atoms with Crippen LogP contribution in [0.5, 0.6) is 0 Å². The molecule has 2 amide bonds. The lowest BCUT2D eigenvalue weighted by molar-refractivity contribution is -0.123. The van der Waals surface area contributed by atoms with Crippen LogP contribution in [0.1, 0.15) is 30.6 Å². The van der Waals surface area contributed by atoms with Crippen LogP contribution in [0.3, 0.4) is 0 Å². The van der Waals surface area contributed by atoms with E-state index in [2.05, 4.69) is 10.6 Å². The number of aromatic nitrogens is 1. The van der Waals surface area contributed by atoms with Gasteiger partial charge in [-0.1, -0.05) is 13.8 Å². The van der Waals surface area contributed by atoms with E-state index >= 15 is 0 Å². The molecule has 0 radical (unpaired) electrons. The van der Waals surface area contributed by atoms with Crippen LogP contribution in [-0.2, 0) is 4.79 Å². The van der Waals surface area contributed by atoms with Crippen molar-refractivity contribution in [3.05, 3.63) is 54.4 Å². The summed E-state index contributed by atoms with van der Waals surface area (Å²) in [4.78, 5) is 24.6. The number of hydrogen-bond acceptors (Lipinski definition) is 3. The summed E-state index contributed by atoms with van der Waals surface area (Å²) in [5, 5.41) is 13.9. The smallest absolute Gasteiger partial charge is 0.251 e. The maximum Gasteiger partial charge on any atom is 0.251 e. The van der Waals surface area contributed by atoms with Gasteiger partial charge >= 0.3 is 0 Å². The van der Waals surface area contributed by atoms with Crippen LogP contribution >= 0.6 is 0 Å². The Morgan fingerprint density at radius 2 is 1.80 bits per heavy atom. The van der Waals surface area contributed by atoms with E-state index in [4.69, 9.17) is 5.26 Å². The van der Waals surface area contributed by atoms with Crippen molar-refractivity contribution in [2.75, 3.05) is 6.54 Å². The van der Waals surface area contributed by atoms with E-state index in [1.165, 1.54) is 0 Å². The van der Waals surface area contributed by atoms with E-state index < -0.39 is 6.04 Å². The lowest BCUT2D eigenvalue weighted by atomic mass is 10.0. The zero-order valence-corrected chi connectivity index (χ0v) is 14.4. The van der Waals surface area contributed by atoms with E-state index in [1.54, 1.807) is 12.1 Å². The first kappa shape index (κ1) is 18.3. The molecule has 0 aliphatic carbocycles. The molecule has 1 unspecified atom stereocenters. The third-order valence-corrected chi connectivity index (χ3v) is 3.70. The number of nitrogens with zero attached hydrogens (tertiary/aromatic N) is 2. The monoisotopic (exact) mass is 338 g/mol. The van der Waals surface area contributed by atoms with Crippen molar-refractivity contribution in [3.8, 4) is 11.8 Å². The molecule has 0 aliphatic rings. The van der Waals surface area contributed by atoms with E-state index in [0.29, 0.717) is 12.0 Å². The Balaban J connectivity index is 2.06. The summed E-state index contributed by atoms with van der Waals surface area (Å²) in [7, 11) is 0. The Hall–Kier alpha value is -3.07. The molecule has 0 saturated heterocycles. The van der Waals surface area contributed by atoms with Crippen molar-refractivity contribution >= 4 is 11.8 Å². The molecule has 130 valence electrons. The van der Waals surface area contributed by atoms with E-state index in [9.17, 15) is 9.59 Å². The summed E-state index contributed by atoms with van der Waals surface area (Å²) in [6.07, 6.45) is 4.35. The number of nitrogens with one attached hydrogen (secondary N) is 2. The normalized spacial score (nSPS) is 11.6. The fourth-order valence-electron chi connectivity index (χ4n) is 2.49. The van der Waals surface area contributed by atoms with Crippen LogP contribution in [-0.4, -0.2) is 29.0 Å². The topological polar surface area (TPSA) is 86.9 Å². The van der Waals surface area contributed by atoms with Gasteiger partial charge < -0.3 is 15.2 Å². The molecule has 2 N–H and O–H groups in total. The highest BCUT2D eigenvalue weighted by molar-refractivity contribution is 5.97. The Bertz CT molecular complexity index is 743. The van der Waals surface area contributed by atoms with Crippen LogP contribution in [0.25, 0.3) is 5.69 Å². The fourth-order valence-corrected chi connectivity index (χ4v) is 2.49. The van der Waals surface area contributed by atoms with Gasteiger partial charge in [-0.2, -0.15) is 5.26 Å². The Morgan fingerprint density at radius 3 is 2.36 bits per heavy atom. The Kier molecular flexibility index (Phi) is 6.35. The number of hydrogen-bond donors (Lipinski definition) is 2. The number of benzene rings is 1. The minimum absolute atomic E-state index is 0.0745. The van der Waals surface area contributed by atoms with E-state index in [-0.39, 0.29) is 24.3 Å². The third kappa shape index (κ3) is 5.21. The average Bonchev–Trinajstić information content (AvgIpc) is 3.13. The summed E-state index contributed by atoms with van der Waals surface area (Å²) >= 11 is 0. The predicted molar refractivity (Wildman–Crippen MR) is 95.1 cm³/mol. The minimum atomic E-state index is -0.662. The standard InChI is InChI=1S/C19H22N4O2/c1-14(2)13-17(19(25)21-10-9-20)22-18(24)15-5-7-16(8-6-15)23-11-3-4-12-23/h3-8,11-12,14,17H,10,13H2,1-2H3,(H,21,25)(H,22,24). The maximum absolute atomic E-state index is 12.4. The largest absolute Gasteiger partial charge is 0.341 e. The molecule has 6 heteroatoms. The van der Waals surface area contributed by atoms with Crippen LogP contribution < -0.4 is 10.6 Å². The summed E-state index contributed by atoms with van der Waals surface area (Å²) < 4.78 is 1.94. The van der Waals surface area contributed by atoms with E-state index in [1.807, 2.05) is 61.1 Å². The lowest BCUT2D eigenvalue weighted by Gasteiger charge is -2.19. The predicted octanol–water partition coefficient (Wildman–Crippen LogP) is 2.26. The SMILES string of the molecule is CC(C)CC(NC(=O)c1ccc(-n2cccc2)cc1)C(=O)NCC#N. The van der Waals surface area contributed by atoms with Gasteiger partial charge in [0.2, 0.25) is 5.91 Å². The molecule has 25 heavy (non-hydrogen) atoms. The highest BCUT2D eigenvalue weighted by Gasteiger charge is 2.22. The second-order valence-corrected chi connectivity index (χ2v) is 6.17. The highest BCUT2D eigenvalue weighted by atomic mass is 16.2. The molecule has 1 aromatic carbocycles. The second-order valence-electron chi connectivity index (χ2n) is 6.17. The van der Waals surface area contributed by atoms with Gasteiger partial charge in [0.15, 0.2) is 0 Å². The molecule has 1 atom stereocenters. The van der Waals surface area contributed by atoms with Gasteiger partial charge in [-0.15, -0.1) is 0 Å². The van der Waals surface area contributed by atoms with Crippen LogP contribution in [0.15, 0.2) is 48.8 Å². The number of rotatable bonds is 7. The Morgan fingerprint density at radius 1 is 1.16 bits per heavy atom. The van der Waals surface area contributed by atoms with Crippen LogP contribution in [0.2, 0.25) is 0 Å². The van der Waals surface area contributed by atoms with Gasteiger partial charge in [-0.25, -0.2) is 0 Å². The van der Waals surface area contributed by atoms with Crippen molar-refractivity contribution in [3.63, 3.8) is 0 Å². The minimum Gasteiger partial charge on any atom is -0.341 e. The molecular formula is C19H22N4O2. The lowest BCUT2D eigenvalue weighted by Crippen LogP contribution is -2.47. The first-order valence-corrected chi connectivity index (χ1v) is 8.20. The van der Waals surface area contributed by atoms with E-state index in [0.717, 1.165) is 5.69 Å². The number of amides is 2. The second kappa shape index (κ2) is 8.69. The van der Waals surface area contributed by atoms with Gasteiger partial charge in [0.1, 0.15) is 12.6 Å². The van der Waals surface area contributed by atoms with Crippen LogP contribution in [0.4, 0.5) is 0 Å². The molecule has 0 fully saturated rings. The quantitative estimate of drug-likeness (QED) is 0.759. The van der Waals surface area contributed by atoms with Crippen LogP contribution in [0, 0.1) is 17.2 Å². The first-order chi connectivity index (χ1) is 12.0. The van der Waals surface area contributed by atoms with Crippen molar-refractivity contribution < 1.29 is 9.59 Å². The fraction of sp³-hybridized carbons (Fsp3) is 0.316. The van der Waals surface area contributed by atoms with Gasteiger partial charge in [0.25, 0.3) is 5.91 Å². The maximum atomic E-state index is 12.4. The molecule has 1 aromatic heterocycles. The third-order valence-electron chi connectivity index (χ3n) is 3.70. The average molecular weight is 338 g/mol. The molecule has 2 aromatic rings. The van der Waals surface area contributed by atoms with Gasteiger partial charge in [-0.05, 0) is 48.7 Å². The summed E-state index contributed by atoms with van der Waals surface area (Å²) in [5.74, 6) is -0.418. The first-order valence-electron chi connectivity index (χ1n) is 8.20. The van der Waals surface area contributed by atoms with Gasteiger partial charge in [0, 0.05) is 23.6 Å². The summed E-state index contributed by atoms with van der Waals surface area (Å²) in [6, 6.07) is 12.2. The number of carbonyl (C=O) groups is 2. The highest BCUT2D eigenvalue weighted by Crippen LogP contribution is 2.11. The zero-order chi connectivity index (χ0) is 18.2. The molecule has 2 rings (SSSR count). The molecule has 1 heterocycles. The van der Waals surface area contributed by atoms with Gasteiger partial charge in [-0.3, -0.25) is 9.59 Å². The molecule has 0 aliphatic heterocycles. The zero-order valence-electron chi connectivity index (χ0n) is 14.4. The van der Waals surface area contributed by atoms with Crippen molar-refractivity contribution in [2.24, 2.45) is 5.92 Å². The summed E-state index contributed by atoms with van der Waals surface area (Å²) in [5.41, 5.74) is 1.43. The molecule has 0 saturated carbocycles. The Labute approximate surface area is 147 Å². The van der Waals surface area contributed by atoms with Crippen molar-refractivity contribution in [2.45, 2.75) is 26.3 Å². The number of carbonyl (C=O) groups excluding carboxylic acids is 2. The number of nitriles is 1. The van der Waals surface area contributed by atoms with Crippen molar-refractivity contribution in [1.29, 1.82) is 5.26 Å². The van der Waals surface area contributed by atoms with Crippen molar-refractivity contribution in [1.82, 2.24) is 15.2 Å².